The van der Waals surface area contributed by atoms with Crippen LogP contribution in [0.2, 0.25) is 0 Å². The standard InChI is InChI=1S/C13H22N2O3.C11H10N4O.C2H4.3H2/c16-12(14-9-11-5-4-8-18-11)10-15-7-3-1-2-6-13(15)17;1-7-4-8-5-9(2-3-10(8)16-7)15-11(13)14-6-12;1-2;;;/h11H,1-10H2,(H,14,16);2-5H,1H3,(H3,13,14,15);1-2H2;3*1H. The Morgan fingerprint density at radius 1 is 1.31 bits per heavy atom. The van der Waals surface area contributed by atoms with E-state index in [1.54, 1.807) is 17.2 Å². The van der Waals surface area contributed by atoms with Gasteiger partial charge in [-0.2, -0.15) is 5.26 Å². The first-order chi connectivity index (χ1) is 17.4. The van der Waals surface area contributed by atoms with Crippen LogP contribution in [0, 0.1) is 18.4 Å². The number of nitrogens with two attached hydrogens (primary N) is 1. The van der Waals surface area contributed by atoms with Crippen molar-refractivity contribution < 1.29 is 23.0 Å². The van der Waals surface area contributed by atoms with E-state index in [-0.39, 0.29) is 34.7 Å². The Hall–Kier alpha value is -3.84. The summed E-state index contributed by atoms with van der Waals surface area (Å²) in [6, 6.07) is 7.36. The summed E-state index contributed by atoms with van der Waals surface area (Å²) in [7, 11) is 0. The second kappa shape index (κ2) is 15.2. The molecule has 2 aromatic rings. The molecule has 10 nitrogen and oxygen atoms in total. The minimum Gasteiger partial charge on any atom is -0.461 e. The number of guanidine groups is 1. The highest BCUT2D eigenvalue weighted by Crippen LogP contribution is 2.24. The third-order valence-electron chi connectivity index (χ3n) is 5.61. The molecule has 4 rings (SSSR count). The zero-order valence-electron chi connectivity index (χ0n) is 20.9. The van der Waals surface area contributed by atoms with E-state index in [9.17, 15) is 9.59 Å². The van der Waals surface area contributed by atoms with Gasteiger partial charge in [-0.15, -0.1) is 13.2 Å². The summed E-state index contributed by atoms with van der Waals surface area (Å²) in [5.41, 5.74) is 6.94. The van der Waals surface area contributed by atoms with Crippen molar-refractivity contribution in [3.63, 3.8) is 0 Å². The molecule has 1 atom stereocenters. The lowest BCUT2D eigenvalue weighted by molar-refractivity contribution is -0.135. The van der Waals surface area contributed by atoms with E-state index in [2.05, 4.69) is 28.8 Å². The molecule has 1 unspecified atom stereocenters. The molecule has 3 heterocycles. The number of nitriles is 1. The van der Waals surface area contributed by atoms with Crippen LogP contribution in [0.4, 0.5) is 5.69 Å². The molecule has 200 valence electrons. The van der Waals surface area contributed by atoms with Gasteiger partial charge in [0.25, 0.3) is 0 Å². The maximum Gasteiger partial charge on any atom is 0.239 e. The Morgan fingerprint density at radius 3 is 2.83 bits per heavy atom. The third kappa shape index (κ3) is 9.43. The largest absolute Gasteiger partial charge is 0.461 e. The highest BCUT2D eigenvalue weighted by molar-refractivity contribution is 5.86. The molecular weight excluding hydrogens is 460 g/mol. The van der Waals surface area contributed by atoms with Gasteiger partial charge in [0.1, 0.15) is 11.3 Å². The molecule has 2 saturated heterocycles. The Labute approximate surface area is 216 Å². The number of carbonyl (C=O) groups excluding carboxylic acids is 2. The van der Waals surface area contributed by atoms with Crippen LogP contribution >= 0.6 is 0 Å². The number of furan rings is 1. The number of rotatable bonds is 5. The normalized spacial score (nSPS) is 17.7. The zero-order valence-corrected chi connectivity index (χ0v) is 20.9. The molecule has 2 amide bonds. The molecule has 0 radical (unpaired) electrons. The number of nitrogens with one attached hydrogen (secondary N) is 2. The Bertz CT molecular complexity index is 1080. The lowest BCUT2D eigenvalue weighted by Crippen LogP contribution is -2.42. The van der Waals surface area contributed by atoms with Crippen molar-refractivity contribution in [3.05, 3.63) is 43.2 Å². The fourth-order valence-corrected chi connectivity index (χ4v) is 3.93. The number of hydrogen-bond donors (Lipinski definition) is 3. The number of amides is 2. The Balaban J connectivity index is 0. The van der Waals surface area contributed by atoms with Crippen molar-refractivity contribution >= 4 is 34.4 Å². The van der Waals surface area contributed by atoms with Gasteiger partial charge in [0.2, 0.25) is 17.8 Å². The van der Waals surface area contributed by atoms with Crippen LogP contribution in [0.3, 0.4) is 0 Å². The smallest absolute Gasteiger partial charge is 0.239 e. The molecule has 1 aromatic heterocycles. The van der Waals surface area contributed by atoms with Gasteiger partial charge in [-0.1, -0.05) is 6.42 Å². The third-order valence-corrected chi connectivity index (χ3v) is 5.61. The molecule has 2 aliphatic heterocycles. The molecule has 1 aromatic carbocycles. The van der Waals surface area contributed by atoms with Gasteiger partial charge in [-0.05, 0) is 56.9 Å². The average molecular weight is 503 g/mol. The number of fused-ring (bicyclic) bond motifs is 1. The van der Waals surface area contributed by atoms with Crippen molar-refractivity contribution in [2.45, 2.75) is 51.6 Å². The molecule has 4 N–H and O–H groups in total. The summed E-state index contributed by atoms with van der Waals surface area (Å²) in [4.78, 5) is 29.2. The number of aryl methyl sites for hydroxylation is 1. The molecule has 2 aliphatic rings. The fourth-order valence-electron chi connectivity index (χ4n) is 3.93. The monoisotopic (exact) mass is 502 g/mol. The number of hydrogen-bond acceptors (Lipinski definition) is 6. The van der Waals surface area contributed by atoms with Crippen molar-refractivity contribution in [1.29, 1.82) is 5.26 Å². The van der Waals surface area contributed by atoms with Gasteiger partial charge in [-0.3, -0.25) is 14.9 Å². The minimum absolute atomic E-state index is 0. The van der Waals surface area contributed by atoms with Crippen LogP contribution in [0.5, 0.6) is 0 Å². The van der Waals surface area contributed by atoms with Gasteiger partial charge >= 0.3 is 0 Å². The SMILES string of the molecule is C=C.Cc1cc2cc(N=C(N)NC#N)ccc2o1.O=C(CN1CCCCCC1=O)NCC1CCCO1.[HH].[HH].[HH]. The van der Waals surface area contributed by atoms with Gasteiger partial charge in [0, 0.05) is 35.8 Å². The van der Waals surface area contributed by atoms with Crippen molar-refractivity contribution in [3.8, 4) is 6.19 Å². The predicted molar refractivity (Wildman–Crippen MR) is 146 cm³/mol. The van der Waals surface area contributed by atoms with Gasteiger partial charge < -0.3 is 25.1 Å². The number of benzene rings is 1. The molecule has 0 spiro atoms. The van der Waals surface area contributed by atoms with Crippen LogP contribution in [0.15, 0.2) is 46.8 Å². The summed E-state index contributed by atoms with van der Waals surface area (Å²) >= 11 is 0. The summed E-state index contributed by atoms with van der Waals surface area (Å²) in [5, 5.41) is 14.4. The summed E-state index contributed by atoms with van der Waals surface area (Å²) < 4.78 is 10.9. The molecule has 36 heavy (non-hydrogen) atoms. The lowest BCUT2D eigenvalue weighted by Gasteiger charge is -2.20. The van der Waals surface area contributed by atoms with Crippen LogP contribution in [0.1, 0.15) is 48.6 Å². The molecule has 0 aliphatic carbocycles. The van der Waals surface area contributed by atoms with Gasteiger partial charge in [-0.25, -0.2) is 4.99 Å². The van der Waals surface area contributed by atoms with E-state index in [0.29, 0.717) is 25.2 Å². The van der Waals surface area contributed by atoms with Crippen LogP contribution in [-0.2, 0) is 14.3 Å². The molecule has 2 fully saturated rings. The van der Waals surface area contributed by atoms with Crippen LogP contribution in [0.25, 0.3) is 11.0 Å². The Morgan fingerprint density at radius 2 is 2.11 bits per heavy atom. The zero-order chi connectivity index (χ0) is 26.3. The average Bonchev–Trinajstić information content (AvgIpc) is 3.47. The van der Waals surface area contributed by atoms with E-state index in [1.165, 1.54) is 0 Å². The van der Waals surface area contributed by atoms with Gasteiger partial charge in [0.15, 0.2) is 6.19 Å². The Kier molecular flexibility index (Phi) is 12.0. The lowest BCUT2D eigenvalue weighted by atomic mass is 10.2. The predicted octanol–water partition coefficient (Wildman–Crippen LogP) is 3.98. The number of likely N-dealkylation sites (tertiary alicyclic amines) is 1. The first-order valence-corrected chi connectivity index (χ1v) is 12.1. The number of aliphatic imine (C=N–C) groups is 1. The summed E-state index contributed by atoms with van der Waals surface area (Å²) in [6.07, 6.45) is 7.58. The molecule has 0 bridgehead atoms. The van der Waals surface area contributed by atoms with Crippen molar-refractivity contribution in [2.24, 2.45) is 10.7 Å². The topological polar surface area (TPSA) is 146 Å². The van der Waals surface area contributed by atoms with Crippen LogP contribution < -0.4 is 16.4 Å². The second-order valence-electron chi connectivity index (χ2n) is 8.38. The van der Waals surface area contributed by atoms with Crippen molar-refractivity contribution in [1.82, 2.24) is 15.5 Å². The number of nitrogens with zero attached hydrogens (tertiary/aromatic N) is 3. The van der Waals surface area contributed by atoms with Crippen LogP contribution in [-0.4, -0.2) is 55.0 Å². The van der Waals surface area contributed by atoms with E-state index in [1.807, 2.05) is 25.1 Å². The van der Waals surface area contributed by atoms with E-state index in [0.717, 1.165) is 55.4 Å². The van der Waals surface area contributed by atoms with Gasteiger partial charge in [0.05, 0.1) is 18.3 Å². The summed E-state index contributed by atoms with van der Waals surface area (Å²) in [6.45, 7) is 10.2. The number of ether oxygens (including phenoxy) is 1. The maximum atomic E-state index is 11.8. The summed E-state index contributed by atoms with van der Waals surface area (Å²) in [5.74, 6) is 0.960. The molecule has 10 heteroatoms. The second-order valence-corrected chi connectivity index (χ2v) is 8.38. The fraction of sp³-hybridized carbons (Fsp3) is 0.462. The molecular formula is C26H42N6O4. The molecule has 0 saturated carbocycles. The van der Waals surface area contributed by atoms with E-state index >= 15 is 0 Å². The van der Waals surface area contributed by atoms with E-state index < -0.39 is 0 Å². The maximum absolute atomic E-state index is 11.8. The van der Waals surface area contributed by atoms with E-state index in [4.69, 9.17) is 20.1 Å². The number of carbonyl (C=O) groups is 2. The quantitative estimate of drug-likeness (QED) is 0.184. The first-order valence-electron chi connectivity index (χ1n) is 12.1. The minimum atomic E-state index is -0.0688. The first kappa shape index (κ1) is 28.4. The highest BCUT2D eigenvalue weighted by atomic mass is 16.5. The highest BCUT2D eigenvalue weighted by Gasteiger charge is 2.20. The van der Waals surface area contributed by atoms with Crippen molar-refractivity contribution in [2.75, 3.05) is 26.2 Å².